The lowest BCUT2D eigenvalue weighted by Crippen LogP contribution is -2.33. The monoisotopic (exact) mass is 461 g/mol. The van der Waals surface area contributed by atoms with Crippen molar-refractivity contribution in [2.24, 2.45) is 0 Å². The van der Waals surface area contributed by atoms with E-state index in [-0.39, 0.29) is 30.4 Å². The molecule has 1 amide bonds. The van der Waals surface area contributed by atoms with Crippen molar-refractivity contribution < 1.29 is 27.5 Å². The predicted molar refractivity (Wildman–Crippen MR) is 104 cm³/mol. The van der Waals surface area contributed by atoms with Gasteiger partial charge in [0.1, 0.15) is 5.75 Å². The summed E-state index contributed by atoms with van der Waals surface area (Å²) >= 11 is 3.35. The van der Waals surface area contributed by atoms with Crippen LogP contribution in [0.15, 0.2) is 22.7 Å². The molecule has 1 aromatic rings. The number of benzene rings is 1. The molecule has 9 heteroatoms. The molecule has 0 saturated heterocycles. The van der Waals surface area contributed by atoms with Crippen molar-refractivity contribution in [3.8, 4) is 5.75 Å². The minimum atomic E-state index is -3.84. The molecule has 0 unspecified atom stereocenters. The summed E-state index contributed by atoms with van der Waals surface area (Å²) < 4.78 is 37.7. The van der Waals surface area contributed by atoms with E-state index in [9.17, 15) is 18.0 Å². The standard InChI is InChI=1S/C18H24BrNO6S/c1-13(21)25-10-5-11-27(23,24)20-18(22)16-9-8-14(19)12-17(16)26-15-6-3-2-4-7-15/h8-9,12,15H,2-7,10-11H2,1H3,(H,20,22). The topological polar surface area (TPSA) is 98.8 Å². The van der Waals surface area contributed by atoms with E-state index in [0.717, 1.165) is 30.2 Å². The third-order valence-electron chi connectivity index (χ3n) is 4.15. The Bertz CT molecular complexity index is 774. The number of halogens is 1. The first-order valence-electron chi connectivity index (χ1n) is 8.91. The molecule has 1 fully saturated rings. The number of carbonyl (C=O) groups excluding carboxylic acids is 2. The van der Waals surface area contributed by atoms with Gasteiger partial charge < -0.3 is 9.47 Å². The largest absolute Gasteiger partial charge is 0.490 e. The van der Waals surface area contributed by atoms with Gasteiger partial charge in [0.15, 0.2) is 0 Å². The van der Waals surface area contributed by atoms with Crippen molar-refractivity contribution >= 4 is 37.8 Å². The molecule has 1 N–H and O–H groups in total. The molecule has 0 aliphatic heterocycles. The molecule has 7 nitrogen and oxygen atoms in total. The van der Waals surface area contributed by atoms with Crippen LogP contribution in [0.4, 0.5) is 0 Å². The number of carbonyl (C=O) groups is 2. The van der Waals surface area contributed by atoms with Gasteiger partial charge in [-0.15, -0.1) is 0 Å². The highest BCUT2D eigenvalue weighted by Gasteiger charge is 2.22. The van der Waals surface area contributed by atoms with Crippen LogP contribution in [-0.2, 0) is 19.6 Å². The van der Waals surface area contributed by atoms with Gasteiger partial charge >= 0.3 is 5.97 Å². The fraction of sp³-hybridized carbons (Fsp3) is 0.556. The number of hydrogen-bond donors (Lipinski definition) is 1. The van der Waals surface area contributed by atoms with Gasteiger partial charge in [0.2, 0.25) is 10.0 Å². The van der Waals surface area contributed by atoms with E-state index in [1.54, 1.807) is 12.1 Å². The van der Waals surface area contributed by atoms with E-state index in [2.05, 4.69) is 20.7 Å². The zero-order valence-electron chi connectivity index (χ0n) is 15.2. The zero-order valence-corrected chi connectivity index (χ0v) is 17.6. The van der Waals surface area contributed by atoms with E-state index >= 15 is 0 Å². The van der Waals surface area contributed by atoms with Crippen molar-refractivity contribution in [2.45, 2.75) is 51.6 Å². The maximum atomic E-state index is 12.5. The third kappa shape index (κ3) is 7.50. The molecular formula is C18H24BrNO6S. The number of amides is 1. The Balaban J connectivity index is 2.03. The van der Waals surface area contributed by atoms with Crippen LogP contribution in [0.2, 0.25) is 0 Å². The maximum Gasteiger partial charge on any atom is 0.302 e. The molecule has 0 spiro atoms. The molecular weight excluding hydrogens is 438 g/mol. The van der Waals surface area contributed by atoms with Gasteiger partial charge in [-0.3, -0.25) is 9.59 Å². The Morgan fingerprint density at radius 2 is 1.93 bits per heavy atom. The van der Waals surface area contributed by atoms with Gasteiger partial charge in [0.05, 0.1) is 24.0 Å². The van der Waals surface area contributed by atoms with Crippen molar-refractivity contribution in [3.05, 3.63) is 28.2 Å². The van der Waals surface area contributed by atoms with Crippen LogP contribution < -0.4 is 9.46 Å². The molecule has 1 aliphatic rings. The number of rotatable bonds is 8. The van der Waals surface area contributed by atoms with Gasteiger partial charge in [-0.05, 0) is 50.3 Å². The van der Waals surface area contributed by atoms with Crippen LogP contribution >= 0.6 is 15.9 Å². The maximum absolute atomic E-state index is 12.5. The Morgan fingerprint density at radius 1 is 1.22 bits per heavy atom. The van der Waals surface area contributed by atoms with Gasteiger partial charge in [-0.25, -0.2) is 13.1 Å². The highest BCUT2D eigenvalue weighted by Crippen LogP contribution is 2.29. The lowest BCUT2D eigenvalue weighted by Gasteiger charge is -2.24. The Labute approximate surface area is 168 Å². The molecule has 0 aromatic heterocycles. The van der Waals surface area contributed by atoms with E-state index in [1.165, 1.54) is 19.4 Å². The quantitative estimate of drug-likeness (QED) is 0.471. The number of esters is 1. The molecule has 0 radical (unpaired) electrons. The molecule has 0 heterocycles. The van der Waals surface area contributed by atoms with Gasteiger partial charge in [0, 0.05) is 11.4 Å². The molecule has 0 bridgehead atoms. The second kappa shape index (κ2) is 10.1. The van der Waals surface area contributed by atoms with E-state index < -0.39 is 21.9 Å². The summed E-state index contributed by atoms with van der Waals surface area (Å²) in [6.07, 6.45) is 5.31. The van der Waals surface area contributed by atoms with E-state index in [4.69, 9.17) is 9.47 Å². The van der Waals surface area contributed by atoms with Crippen molar-refractivity contribution in [2.75, 3.05) is 12.4 Å². The molecule has 1 aliphatic carbocycles. The van der Waals surface area contributed by atoms with Crippen LogP contribution in [0.5, 0.6) is 5.75 Å². The lowest BCUT2D eigenvalue weighted by atomic mass is 9.97. The molecule has 150 valence electrons. The summed E-state index contributed by atoms with van der Waals surface area (Å²) in [5.74, 6) is -1.16. The average molecular weight is 462 g/mol. The van der Waals surface area contributed by atoms with Crippen LogP contribution in [-0.4, -0.2) is 38.8 Å². The van der Waals surface area contributed by atoms with Gasteiger partial charge in [0.25, 0.3) is 5.91 Å². The van der Waals surface area contributed by atoms with Crippen molar-refractivity contribution in [1.29, 1.82) is 0 Å². The summed E-state index contributed by atoms with van der Waals surface area (Å²) in [6, 6.07) is 4.87. The van der Waals surface area contributed by atoms with Crippen LogP contribution in [0.3, 0.4) is 0 Å². The van der Waals surface area contributed by atoms with Gasteiger partial charge in [-0.1, -0.05) is 22.4 Å². The summed E-state index contributed by atoms with van der Waals surface area (Å²) in [6.45, 7) is 1.23. The highest BCUT2D eigenvalue weighted by molar-refractivity contribution is 9.10. The highest BCUT2D eigenvalue weighted by atomic mass is 79.9. The first-order valence-corrected chi connectivity index (χ1v) is 11.4. The predicted octanol–water partition coefficient (Wildman–Crippen LogP) is 3.17. The Hall–Kier alpha value is -1.61. The molecule has 27 heavy (non-hydrogen) atoms. The van der Waals surface area contributed by atoms with Crippen LogP contribution in [0.25, 0.3) is 0 Å². The van der Waals surface area contributed by atoms with Gasteiger partial charge in [-0.2, -0.15) is 0 Å². The minimum Gasteiger partial charge on any atom is -0.490 e. The second-order valence-corrected chi connectivity index (χ2v) is 9.22. The fourth-order valence-corrected chi connectivity index (χ4v) is 4.19. The summed E-state index contributed by atoms with van der Waals surface area (Å²) in [5.41, 5.74) is 0.173. The smallest absolute Gasteiger partial charge is 0.302 e. The first kappa shape index (κ1) is 21.7. The van der Waals surface area contributed by atoms with Crippen molar-refractivity contribution in [1.82, 2.24) is 4.72 Å². The van der Waals surface area contributed by atoms with Crippen LogP contribution in [0.1, 0.15) is 55.8 Å². The molecule has 2 rings (SSSR count). The third-order valence-corrected chi connectivity index (χ3v) is 5.96. The first-order chi connectivity index (χ1) is 12.8. The summed E-state index contributed by atoms with van der Waals surface area (Å²) in [7, 11) is -3.84. The summed E-state index contributed by atoms with van der Waals surface area (Å²) in [4.78, 5) is 23.2. The number of ether oxygens (including phenoxy) is 2. The van der Waals surface area contributed by atoms with E-state index in [0.29, 0.717) is 5.75 Å². The molecule has 1 saturated carbocycles. The average Bonchev–Trinajstić information content (AvgIpc) is 2.59. The Morgan fingerprint density at radius 3 is 2.59 bits per heavy atom. The SMILES string of the molecule is CC(=O)OCCCS(=O)(=O)NC(=O)c1ccc(Br)cc1OC1CCCCC1. The zero-order chi connectivity index (χ0) is 19.9. The van der Waals surface area contributed by atoms with Crippen LogP contribution in [0, 0.1) is 0 Å². The lowest BCUT2D eigenvalue weighted by molar-refractivity contribution is -0.140. The number of hydrogen-bond acceptors (Lipinski definition) is 6. The van der Waals surface area contributed by atoms with E-state index in [1.807, 2.05) is 0 Å². The number of nitrogens with one attached hydrogen (secondary N) is 1. The Kier molecular flexibility index (Phi) is 8.09. The number of sulfonamides is 1. The fourth-order valence-electron chi connectivity index (χ4n) is 2.86. The second-order valence-electron chi connectivity index (χ2n) is 6.46. The normalized spacial score (nSPS) is 15.2. The molecule has 0 atom stereocenters. The summed E-state index contributed by atoms with van der Waals surface area (Å²) in [5, 5.41) is 0. The minimum absolute atomic E-state index is 0.0151. The van der Waals surface area contributed by atoms with Crippen molar-refractivity contribution in [3.63, 3.8) is 0 Å². The molecule has 1 aromatic carbocycles.